The Bertz CT molecular complexity index is 748. The number of carbonyl (C=O) groups is 1. The van der Waals surface area contributed by atoms with Crippen LogP contribution in [0.25, 0.3) is 0 Å². The normalized spacial score (nSPS) is 12.9. The van der Waals surface area contributed by atoms with Crippen molar-refractivity contribution < 1.29 is 24.5 Å². The summed E-state index contributed by atoms with van der Waals surface area (Å²) < 4.78 is 10.4. The van der Waals surface area contributed by atoms with Gasteiger partial charge in [-0.1, -0.05) is 30.3 Å². The van der Waals surface area contributed by atoms with Gasteiger partial charge in [0.1, 0.15) is 18.5 Å². The molecule has 2 aromatic carbocycles. The monoisotopic (exact) mass is 373 g/mol. The number of rotatable bonds is 8. The van der Waals surface area contributed by atoms with Crippen molar-refractivity contribution in [2.24, 2.45) is 0 Å². The van der Waals surface area contributed by atoms with E-state index in [1.807, 2.05) is 56.3 Å². The molecule has 3 N–H and O–H groups in total. The van der Waals surface area contributed by atoms with E-state index in [1.54, 1.807) is 7.11 Å². The van der Waals surface area contributed by atoms with E-state index in [-0.39, 0.29) is 19.6 Å². The van der Waals surface area contributed by atoms with Crippen LogP contribution >= 0.6 is 0 Å². The molecule has 0 radical (unpaired) electrons. The van der Waals surface area contributed by atoms with Crippen LogP contribution in [0.4, 0.5) is 4.79 Å². The Balaban J connectivity index is 1.80. The van der Waals surface area contributed by atoms with Gasteiger partial charge in [-0.2, -0.15) is 0 Å². The molecule has 0 aliphatic carbocycles. The Morgan fingerprint density at radius 3 is 2.48 bits per heavy atom. The highest BCUT2D eigenvalue weighted by Gasteiger charge is 2.21. The number of aliphatic hydroxyl groups excluding tert-OH is 2. The summed E-state index contributed by atoms with van der Waals surface area (Å²) in [5.74, 6) is 0.737. The summed E-state index contributed by atoms with van der Waals surface area (Å²) in [4.78, 5) is 11.7. The van der Waals surface area contributed by atoms with E-state index in [9.17, 15) is 15.0 Å². The first kappa shape index (κ1) is 20.7. The summed E-state index contributed by atoms with van der Waals surface area (Å²) in [6.07, 6.45) is -2.41. The summed E-state index contributed by atoms with van der Waals surface area (Å²) in [7, 11) is 1.59. The minimum absolute atomic E-state index is 0.183. The van der Waals surface area contributed by atoms with Crippen molar-refractivity contribution >= 4 is 6.09 Å². The second-order valence-electron chi connectivity index (χ2n) is 6.47. The van der Waals surface area contributed by atoms with Crippen LogP contribution in [0, 0.1) is 13.8 Å². The number of hydrogen-bond acceptors (Lipinski definition) is 5. The van der Waals surface area contributed by atoms with Gasteiger partial charge in [0.15, 0.2) is 0 Å². The van der Waals surface area contributed by atoms with Gasteiger partial charge in [0.25, 0.3) is 0 Å². The molecule has 2 unspecified atom stereocenters. The van der Waals surface area contributed by atoms with Crippen molar-refractivity contribution in [3.63, 3.8) is 0 Å². The minimum atomic E-state index is -1.04. The third-order valence-corrected chi connectivity index (χ3v) is 4.39. The van der Waals surface area contributed by atoms with Crippen LogP contribution < -0.4 is 10.1 Å². The first-order chi connectivity index (χ1) is 12.9. The maximum absolute atomic E-state index is 11.7. The molecule has 0 saturated heterocycles. The molecule has 146 valence electrons. The highest BCUT2D eigenvalue weighted by atomic mass is 16.5. The molecule has 27 heavy (non-hydrogen) atoms. The van der Waals surface area contributed by atoms with Crippen LogP contribution in [0.2, 0.25) is 0 Å². The highest BCUT2D eigenvalue weighted by molar-refractivity contribution is 5.67. The molecule has 2 rings (SSSR count). The maximum atomic E-state index is 11.7. The zero-order valence-electron chi connectivity index (χ0n) is 15.9. The quantitative estimate of drug-likeness (QED) is 0.662. The Hall–Kier alpha value is -2.57. The molecular weight excluding hydrogens is 346 g/mol. The topological polar surface area (TPSA) is 88.0 Å². The van der Waals surface area contributed by atoms with E-state index in [0.717, 1.165) is 22.4 Å². The molecule has 0 spiro atoms. The Morgan fingerprint density at radius 1 is 1.11 bits per heavy atom. The Labute approximate surface area is 159 Å². The summed E-state index contributed by atoms with van der Waals surface area (Å²) >= 11 is 0. The smallest absolute Gasteiger partial charge is 0.407 e. The largest absolute Gasteiger partial charge is 0.496 e. The molecule has 1 amide bonds. The van der Waals surface area contributed by atoms with E-state index in [0.29, 0.717) is 5.56 Å². The van der Waals surface area contributed by atoms with Gasteiger partial charge >= 0.3 is 6.09 Å². The molecule has 0 fully saturated rings. The fourth-order valence-electron chi connectivity index (χ4n) is 2.81. The van der Waals surface area contributed by atoms with Crippen LogP contribution in [0.1, 0.15) is 34.8 Å². The number of methoxy groups -OCH3 is 1. The van der Waals surface area contributed by atoms with Gasteiger partial charge in [0, 0.05) is 6.54 Å². The number of amides is 1. The van der Waals surface area contributed by atoms with E-state index < -0.39 is 18.3 Å². The molecule has 0 saturated carbocycles. The second-order valence-corrected chi connectivity index (χ2v) is 6.47. The number of alkyl carbamates (subject to hydrolysis) is 1. The van der Waals surface area contributed by atoms with Gasteiger partial charge in [-0.15, -0.1) is 0 Å². The number of benzene rings is 2. The van der Waals surface area contributed by atoms with Crippen molar-refractivity contribution in [3.8, 4) is 5.75 Å². The van der Waals surface area contributed by atoms with Crippen LogP contribution in [0.3, 0.4) is 0 Å². The average Bonchev–Trinajstić information content (AvgIpc) is 2.68. The van der Waals surface area contributed by atoms with Gasteiger partial charge < -0.3 is 25.0 Å². The zero-order valence-corrected chi connectivity index (χ0v) is 15.9. The van der Waals surface area contributed by atoms with E-state index in [2.05, 4.69) is 5.32 Å². The molecule has 0 bridgehead atoms. The Kier molecular flexibility index (Phi) is 7.64. The molecule has 0 heterocycles. The molecule has 0 aliphatic rings. The first-order valence-corrected chi connectivity index (χ1v) is 8.88. The summed E-state index contributed by atoms with van der Waals surface area (Å²) in [5.41, 5.74) is 3.26. The molecule has 0 aliphatic heterocycles. The van der Waals surface area contributed by atoms with Gasteiger partial charge in [0.2, 0.25) is 0 Å². The summed E-state index contributed by atoms with van der Waals surface area (Å²) in [6, 6.07) is 13.0. The van der Waals surface area contributed by atoms with Crippen LogP contribution in [0.5, 0.6) is 5.75 Å². The predicted octanol–water partition coefficient (Wildman–Crippen LogP) is 3.02. The standard InChI is InChI=1S/C21H27NO5/c1-14-12-19(26-3)15(2)11-17(14)20(24)18(23)9-10-22-21(25)27-13-16-7-5-4-6-8-16/h4-8,11-12,18,20,23-24H,9-10,13H2,1-3H3,(H,22,25). The van der Waals surface area contributed by atoms with Crippen molar-refractivity contribution in [2.45, 2.75) is 39.1 Å². The number of nitrogens with one attached hydrogen (secondary N) is 1. The predicted molar refractivity (Wildman–Crippen MR) is 103 cm³/mol. The Morgan fingerprint density at radius 2 is 1.81 bits per heavy atom. The van der Waals surface area contributed by atoms with E-state index in [1.165, 1.54) is 0 Å². The third kappa shape index (κ3) is 5.98. The lowest BCUT2D eigenvalue weighted by Gasteiger charge is -2.21. The molecular formula is C21H27NO5. The number of hydrogen-bond donors (Lipinski definition) is 3. The van der Waals surface area contributed by atoms with Crippen LogP contribution in [-0.4, -0.2) is 36.1 Å². The first-order valence-electron chi connectivity index (χ1n) is 8.88. The third-order valence-electron chi connectivity index (χ3n) is 4.39. The molecule has 2 atom stereocenters. The molecule has 6 nitrogen and oxygen atoms in total. The van der Waals surface area contributed by atoms with Crippen LogP contribution in [0.15, 0.2) is 42.5 Å². The second kappa shape index (κ2) is 9.94. The fourth-order valence-corrected chi connectivity index (χ4v) is 2.81. The zero-order chi connectivity index (χ0) is 19.8. The van der Waals surface area contributed by atoms with Gasteiger partial charge in [-0.3, -0.25) is 0 Å². The molecule has 0 aromatic heterocycles. The van der Waals surface area contributed by atoms with Crippen molar-refractivity contribution in [2.75, 3.05) is 13.7 Å². The van der Waals surface area contributed by atoms with Crippen molar-refractivity contribution in [1.82, 2.24) is 5.32 Å². The van der Waals surface area contributed by atoms with Crippen molar-refractivity contribution in [1.29, 1.82) is 0 Å². The lowest BCUT2D eigenvalue weighted by Crippen LogP contribution is -2.30. The lowest BCUT2D eigenvalue weighted by molar-refractivity contribution is 0.0132. The van der Waals surface area contributed by atoms with Crippen LogP contribution in [-0.2, 0) is 11.3 Å². The number of carbonyl (C=O) groups excluding carboxylic acids is 1. The number of aliphatic hydroxyl groups is 2. The number of ether oxygens (including phenoxy) is 2. The fraction of sp³-hybridized carbons (Fsp3) is 0.381. The van der Waals surface area contributed by atoms with Crippen molar-refractivity contribution in [3.05, 3.63) is 64.7 Å². The van der Waals surface area contributed by atoms with Gasteiger partial charge in [0.05, 0.1) is 13.2 Å². The number of aryl methyl sites for hydroxylation is 2. The minimum Gasteiger partial charge on any atom is -0.496 e. The summed E-state index contributed by atoms with van der Waals surface area (Å²) in [6.45, 7) is 4.11. The summed E-state index contributed by atoms with van der Waals surface area (Å²) in [5, 5.41) is 23.3. The SMILES string of the molecule is COc1cc(C)c(C(O)C(O)CCNC(=O)OCc2ccccc2)cc1C. The lowest BCUT2D eigenvalue weighted by atomic mass is 9.95. The van der Waals surface area contributed by atoms with E-state index >= 15 is 0 Å². The molecule has 2 aromatic rings. The molecule has 6 heteroatoms. The van der Waals surface area contributed by atoms with E-state index in [4.69, 9.17) is 9.47 Å². The van der Waals surface area contributed by atoms with Gasteiger partial charge in [-0.25, -0.2) is 4.79 Å². The maximum Gasteiger partial charge on any atom is 0.407 e. The van der Waals surface area contributed by atoms with Gasteiger partial charge in [-0.05, 0) is 54.7 Å². The average molecular weight is 373 g/mol. The highest BCUT2D eigenvalue weighted by Crippen LogP contribution is 2.28.